The first kappa shape index (κ1) is 22.9. The number of hydrogen-bond donors (Lipinski definition) is 2. The molecule has 2 amide bonds. The number of aliphatic hydroxyl groups excluding tert-OH is 1. The third-order valence-electron chi connectivity index (χ3n) is 6.05. The Kier molecular flexibility index (Phi) is 7.36. The fourth-order valence-electron chi connectivity index (χ4n) is 4.41. The summed E-state index contributed by atoms with van der Waals surface area (Å²) in [4.78, 5) is 32.1. The summed E-state index contributed by atoms with van der Waals surface area (Å²) in [6.45, 7) is 1.85. The largest absolute Gasteiger partial charge is 0.396 e. The van der Waals surface area contributed by atoms with Crippen LogP contribution in [0.25, 0.3) is 11.0 Å². The number of benzene rings is 2. The van der Waals surface area contributed by atoms with Crippen molar-refractivity contribution in [2.75, 3.05) is 38.7 Å². The molecule has 0 bridgehead atoms. The molecular weight excluding hydrogens is 420 g/mol. The van der Waals surface area contributed by atoms with Crippen molar-refractivity contribution in [3.63, 3.8) is 0 Å². The molecule has 2 heterocycles. The second kappa shape index (κ2) is 10.6. The minimum atomic E-state index is -0.294. The highest BCUT2D eigenvalue weighted by Crippen LogP contribution is 2.27. The number of anilines is 1. The number of amides is 2. The van der Waals surface area contributed by atoms with Crippen LogP contribution in [0.5, 0.6) is 0 Å². The predicted octanol–water partition coefficient (Wildman–Crippen LogP) is 2.71. The quantitative estimate of drug-likeness (QED) is 0.550. The fraction of sp³-hybridized carbons (Fsp3) is 0.400. The number of aromatic nitrogens is 2. The van der Waals surface area contributed by atoms with Gasteiger partial charge in [-0.3, -0.25) is 9.59 Å². The fourth-order valence-corrected chi connectivity index (χ4v) is 4.41. The van der Waals surface area contributed by atoms with Crippen molar-refractivity contribution in [2.24, 2.45) is 5.92 Å². The molecule has 1 aromatic heterocycles. The van der Waals surface area contributed by atoms with Gasteiger partial charge in [0.1, 0.15) is 6.61 Å². The van der Waals surface area contributed by atoms with Gasteiger partial charge in [-0.15, -0.1) is 0 Å². The van der Waals surface area contributed by atoms with Gasteiger partial charge in [0, 0.05) is 39.0 Å². The van der Waals surface area contributed by atoms with Crippen LogP contribution >= 0.6 is 0 Å². The topological polar surface area (TPSA) is 96.7 Å². The lowest BCUT2D eigenvalue weighted by molar-refractivity contribution is -0.119. The summed E-state index contributed by atoms with van der Waals surface area (Å²) in [5, 5.41) is 12.4. The summed E-state index contributed by atoms with van der Waals surface area (Å²) < 4.78 is 6.91. The summed E-state index contributed by atoms with van der Waals surface area (Å²) in [6, 6.07) is 13.7. The number of rotatable bonds is 8. The van der Waals surface area contributed by atoms with Crippen molar-refractivity contribution < 1.29 is 19.4 Å². The van der Waals surface area contributed by atoms with E-state index >= 15 is 0 Å². The third kappa shape index (κ3) is 5.40. The molecule has 2 aromatic carbocycles. The molecule has 8 nitrogen and oxygen atoms in total. The Bertz CT molecular complexity index is 1110. The SMILES string of the molecule is COCC(=O)Nc1cc(C(=O)N2CCCC(CO)C2)c2c(c1)ncn2CCc1ccccc1. The predicted molar refractivity (Wildman–Crippen MR) is 126 cm³/mol. The molecule has 0 aliphatic carbocycles. The van der Waals surface area contributed by atoms with Gasteiger partial charge in [-0.05, 0) is 42.9 Å². The molecule has 1 saturated heterocycles. The van der Waals surface area contributed by atoms with Gasteiger partial charge in [-0.1, -0.05) is 30.3 Å². The first-order valence-corrected chi connectivity index (χ1v) is 11.3. The second-order valence-corrected chi connectivity index (χ2v) is 8.49. The van der Waals surface area contributed by atoms with Crippen LogP contribution in [0, 0.1) is 5.92 Å². The number of ether oxygens (including phenoxy) is 1. The highest BCUT2D eigenvalue weighted by molar-refractivity contribution is 6.07. The Morgan fingerprint density at radius 2 is 2.06 bits per heavy atom. The van der Waals surface area contributed by atoms with Gasteiger partial charge in [-0.25, -0.2) is 4.98 Å². The summed E-state index contributed by atoms with van der Waals surface area (Å²) in [5.41, 5.74) is 3.63. The molecule has 0 saturated carbocycles. The minimum Gasteiger partial charge on any atom is -0.396 e. The maximum absolute atomic E-state index is 13.6. The van der Waals surface area contributed by atoms with Crippen LogP contribution in [0.3, 0.4) is 0 Å². The number of likely N-dealkylation sites (tertiary alicyclic amines) is 1. The summed E-state index contributed by atoms with van der Waals surface area (Å²) >= 11 is 0. The minimum absolute atomic E-state index is 0.0707. The van der Waals surface area contributed by atoms with Gasteiger partial charge in [0.15, 0.2) is 0 Å². The lowest BCUT2D eigenvalue weighted by atomic mass is 9.98. The van der Waals surface area contributed by atoms with E-state index in [4.69, 9.17) is 4.74 Å². The van der Waals surface area contributed by atoms with E-state index < -0.39 is 0 Å². The molecule has 4 rings (SSSR count). The molecule has 0 radical (unpaired) electrons. The Morgan fingerprint density at radius 1 is 1.24 bits per heavy atom. The molecule has 174 valence electrons. The Hall–Kier alpha value is -3.23. The van der Waals surface area contributed by atoms with Crippen LogP contribution in [0.15, 0.2) is 48.8 Å². The van der Waals surface area contributed by atoms with Crippen molar-refractivity contribution in [2.45, 2.75) is 25.8 Å². The molecule has 33 heavy (non-hydrogen) atoms. The molecule has 8 heteroatoms. The summed E-state index contributed by atoms with van der Waals surface area (Å²) in [6.07, 6.45) is 4.33. The van der Waals surface area contributed by atoms with Crippen molar-refractivity contribution in [1.82, 2.24) is 14.5 Å². The first-order chi connectivity index (χ1) is 16.1. The molecular formula is C25H30N4O4. The number of aryl methyl sites for hydroxylation is 2. The zero-order chi connectivity index (χ0) is 23.2. The van der Waals surface area contributed by atoms with Crippen LogP contribution < -0.4 is 5.32 Å². The van der Waals surface area contributed by atoms with Crippen LogP contribution in [0.4, 0.5) is 5.69 Å². The van der Waals surface area contributed by atoms with Gasteiger partial charge in [-0.2, -0.15) is 0 Å². The van der Waals surface area contributed by atoms with Gasteiger partial charge in [0.2, 0.25) is 5.91 Å². The van der Waals surface area contributed by atoms with Gasteiger partial charge >= 0.3 is 0 Å². The lowest BCUT2D eigenvalue weighted by Gasteiger charge is -2.32. The number of carbonyl (C=O) groups is 2. The van der Waals surface area contributed by atoms with E-state index in [9.17, 15) is 14.7 Å². The van der Waals surface area contributed by atoms with E-state index in [1.54, 1.807) is 23.4 Å². The van der Waals surface area contributed by atoms with Gasteiger partial charge in [0.05, 0.1) is 22.9 Å². The van der Waals surface area contributed by atoms with Crippen LogP contribution in [0.2, 0.25) is 0 Å². The van der Waals surface area contributed by atoms with Crippen molar-refractivity contribution >= 4 is 28.5 Å². The van der Waals surface area contributed by atoms with Gasteiger partial charge in [0.25, 0.3) is 5.91 Å². The Morgan fingerprint density at radius 3 is 2.82 bits per heavy atom. The van der Waals surface area contributed by atoms with E-state index in [1.807, 2.05) is 22.8 Å². The number of aliphatic hydroxyl groups is 1. The number of piperidine rings is 1. The highest BCUT2D eigenvalue weighted by Gasteiger charge is 2.27. The number of carbonyl (C=O) groups excluding carboxylic acids is 2. The van der Waals surface area contributed by atoms with Crippen LogP contribution in [-0.4, -0.2) is 64.8 Å². The number of methoxy groups -OCH3 is 1. The van der Waals surface area contributed by atoms with E-state index in [2.05, 4.69) is 22.4 Å². The van der Waals surface area contributed by atoms with Gasteiger partial charge < -0.3 is 24.6 Å². The summed E-state index contributed by atoms with van der Waals surface area (Å²) in [7, 11) is 1.46. The highest BCUT2D eigenvalue weighted by atomic mass is 16.5. The molecule has 0 spiro atoms. The van der Waals surface area contributed by atoms with Crippen molar-refractivity contribution in [1.29, 1.82) is 0 Å². The maximum atomic E-state index is 13.6. The average Bonchev–Trinajstić information content (AvgIpc) is 3.25. The Balaban J connectivity index is 1.68. The molecule has 1 fully saturated rings. The Labute approximate surface area is 193 Å². The number of hydrogen-bond acceptors (Lipinski definition) is 5. The molecule has 1 aliphatic rings. The second-order valence-electron chi connectivity index (χ2n) is 8.49. The van der Waals surface area contributed by atoms with E-state index in [0.29, 0.717) is 36.4 Å². The number of fused-ring (bicyclic) bond motifs is 1. The number of imidazole rings is 1. The monoisotopic (exact) mass is 450 g/mol. The maximum Gasteiger partial charge on any atom is 0.256 e. The molecule has 3 aromatic rings. The summed E-state index contributed by atoms with van der Waals surface area (Å²) in [5.74, 6) is -0.315. The molecule has 1 aliphatic heterocycles. The van der Waals surface area contributed by atoms with Crippen LogP contribution in [0.1, 0.15) is 28.8 Å². The standard InChI is InChI=1S/C25H30N4O4/c1-33-16-23(31)27-20-12-21(25(32)28-10-5-8-19(14-28)15-30)24-22(13-20)26-17-29(24)11-9-18-6-3-2-4-7-18/h2-4,6-7,12-13,17,19,30H,5,8-11,14-16H2,1H3,(H,27,31). The van der Waals surface area contributed by atoms with E-state index in [0.717, 1.165) is 24.8 Å². The molecule has 1 unspecified atom stereocenters. The third-order valence-corrected chi connectivity index (χ3v) is 6.05. The van der Waals surface area contributed by atoms with Crippen LogP contribution in [-0.2, 0) is 22.5 Å². The number of nitrogens with zero attached hydrogens (tertiary/aromatic N) is 3. The zero-order valence-corrected chi connectivity index (χ0v) is 18.9. The van der Waals surface area contributed by atoms with Crippen molar-refractivity contribution in [3.05, 3.63) is 59.9 Å². The zero-order valence-electron chi connectivity index (χ0n) is 18.9. The average molecular weight is 451 g/mol. The first-order valence-electron chi connectivity index (χ1n) is 11.3. The van der Waals surface area contributed by atoms with Crippen molar-refractivity contribution in [3.8, 4) is 0 Å². The normalized spacial score (nSPS) is 16.2. The van der Waals surface area contributed by atoms with E-state index in [1.165, 1.54) is 12.7 Å². The van der Waals surface area contributed by atoms with E-state index in [-0.39, 0.29) is 30.9 Å². The number of nitrogens with one attached hydrogen (secondary N) is 1. The lowest BCUT2D eigenvalue weighted by Crippen LogP contribution is -2.41. The smallest absolute Gasteiger partial charge is 0.256 e. The molecule has 1 atom stereocenters. The molecule has 2 N–H and O–H groups in total.